The summed E-state index contributed by atoms with van der Waals surface area (Å²) in [4.78, 5) is 11.5. The van der Waals surface area contributed by atoms with Gasteiger partial charge in [-0.2, -0.15) is 0 Å². The van der Waals surface area contributed by atoms with Gasteiger partial charge in [0.1, 0.15) is 5.54 Å². The highest BCUT2D eigenvalue weighted by atomic mass is 16.5. The van der Waals surface area contributed by atoms with Crippen LogP contribution in [0.3, 0.4) is 0 Å². The number of primary amides is 1. The Balaban J connectivity index is 2.52. The Bertz CT molecular complexity index is 227. The Kier molecular flexibility index (Phi) is 4.11. The molecule has 15 heavy (non-hydrogen) atoms. The van der Waals surface area contributed by atoms with E-state index in [0.717, 1.165) is 12.8 Å². The van der Waals surface area contributed by atoms with Crippen molar-refractivity contribution in [3.8, 4) is 0 Å². The van der Waals surface area contributed by atoms with Crippen LogP contribution in [0.1, 0.15) is 26.7 Å². The van der Waals surface area contributed by atoms with Crippen LogP contribution in [-0.4, -0.2) is 31.7 Å². The normalized spacial score (nSPS) is 20.3. The molecule has 0 saturated heterocycles. The number of ether oxygens (including phenoxy) is 1. The SMILES string of the molecule is CNC(COCC(C)C)(C(N)=O)C1CC1. The van der Waals surface area contributed by atoms with E-state index in [1.165, 1.54) is 0 Å². The molecule has 4 heteroatoms. The van der Waals surface area contributed by atoms with Gasteiger partial charge in [0.05, 0.1) is 6.61 Å². The van der Waals surface area contributed by atoms with Gasteiger partial charge in [-0.1, -0.05) is 13.8 Å². The van der Waals surface area contributed by atoms with Crippen molar-refractivity contribution in [1.29, 1.82) is 0 Å². The third-order valence-electron chi connectivity index (χ3n) is 2.94. The van der Waals surface area contributed by atoms with Crippen molar-refractivity contribution in [2.75, 3.05) is 20.3 Å². The molecule has 0 aliphatic heterocycles. The molecule has 0 aromatic rings. The van der Waals surface area contributed by atoms with E-state index in [9.17, 15) is 4.79 Å². The molecule has 1 atom stereocenters. The highest BCUT2D eigenvalue weighted by molar-refractivity contribution is 5.85. The average Bonchev–Trinajstić information content (AvgIpc) is 2.95. The molecule has 1 aliphatic carbocycles. The van der Waals surface area contributed by atoms with E-state index in [4.69, 9.17) is 10.5 Å². The number of hydrogen-bond donors (Lipinski definition) is 2. The van der Waals surface area contributed by atoms with E-state index in [1.54, 1.807) is 7.05 Å². The lowest BCUT2D eigenvalue weighted by Gasteiger charge is -2.30. The van der Waals surface area contributed by atoms with Crippen LogP contribution < -0.4 is 11.1 Å². The Morgan fingerprint density at radius 2 is 2.20 bits per heavy atom. The van der Waals surface area contributed by atoms with Gasteiger partial charge < -0.3 is 15.8 Å². The maximum atomic E-state index is 11.5. The van der Waals surface area contributed by atoms with Crippen LogP contribution in [0, 0.1) is 11.8 Å². The summed E-state index contributed by atoms with van der Waals surface area (Å²) in [5.41, 5.74) is 4.81. The Morgan fingerprint density at radius 3 is 2.53 bits per heavy atom. The zero-order valence-electron chi connectivity index (χ0n) is 9.88. The lowest BCUT2D eigenvalue weighted by atomic mass is 9.93. The first kappa shape index (κ1) is 12.5. The van der Waals surface area contributed by atoms with Crippen LogP contribution in [0.25, 0.3) is 0 Å². The number of hydrogen-bond acceptors (Lipinski definition) is 3. The molecule has 1 aliphatic rings. The second kappa shape index (κ2) is 4.94. The molecule has 1 amide bonds. The lowest BCUT2D eigenvalue weighted by Crippen LogP contribution is -2.59. The van der Waals surface area contributed by atoms with Gasteiger partial charge in [0, 0.05) is 6.61 Å². The maximum absolute atomic E-state index is 11.5. The zero-order chi connectivity index (χ0) is 11.5. The van der Waals surface area contributed by atoms with Crippen LogP contribution in [0.4, 0.5) is 0 Å². The molecule has 0 radical (unpaired) electrons. The van der Waals surface area contributed by atoms with Crippen LogP contribution in [0.2, 0.25) is 0 Å². The summed E-state index contributed by atoms with van der Waals surface area (Å²) in [7, 11) is 1.78. The Hall–Kier alpha value is -0.610. The predicted octanol–water partition coefficient (Wildman–Crippen LogP) is 0.513. The predicted molar refractivity (Wildman–Crippen MR) is 59.4 cm³/mol. The second-order valence-electron chi connectivity index (χ2n) is 4.77. The minimum absolute atomic E-state index is 0.295. The lowest BCUT2D eigenvalue weighted by molar-refractivity contribution is -0.128. The maximum Gasteiger partial charge on any atom is 0.240 e. The number of carbonyl (C=O) groups excluding carboxylic acids is 1. The van der Waals surface area contributed by atoms with Crippen molar-refractivity contribution >= 4 is 5.91 Å². The number of nitrogens with one attached hydrogen (secondary N) is 1. The minimum atomic E-state index is -0.644. The highest BCUT2D eigenvalue weighted by Gasteiger charge is 2.49. The Morgan fingerprint density at radius 1 is 1.60 bits per heavy atom. The van der Waals surface area contributed by atoms with E-state index in [1.807, 2.05) is 0 Å². The zero-order valence-corrected chi connectivity index (χ0v) is 9.88. The molecule has 4 nitrogen and oxygen atoms in total. The fraction of sp³-hybridized carbons (Fsp3) is 0.909. The van der Waals surface area contributed by atoms with Gasteiger partial charge in [0.15, 0.2) is 0 Å². The Labute approximate surface area is 91.5 Å². The summed E-state index contributed by atoms with van der Waals surface area (Å²) in [5, 5.41) is 3.05. The van der Waals surface area contributed by atoms with Crippen LogP contribution in [0.15, 0.2) is 0 Å². The third kappa shape index (κ3) is 2.92. The summed E-state index contributed by atoms with van der Waals surface area (Å²) in [6, 6.07) is 0. The van der Waals surface area contributed by atoms with E-state index in [2.05, 4.69) is 19.2 Å². The molecule has 1 unspecified atom stereocenters. The smallest absolute Gasteiger partial charge is 0.240 e. The molecular weight excluding hydrogens is 192 g/mol. The number of rotatable bonds is 7. The van der Waals surface area contributed by atoms with Gasteiger partial charge >= 0.3 is 0 Å². The van der Waals surface area contributed by atoms with Gasteiger partial charge in [-0.05, 0) is 31.7 Å². The van der Waals surface area contributed by atoms with E-state index < -0.39 is 5.54 Å². The summed E-state index contributed by atoms with van der Waals surface area (Å²) >= 11 is 0. The van der Waals surface area contributed by atoms with Crippen LogP contribution in [0.5, 0.6) is 0 Å². The number of carbonyl (C=O) groups is 1. The van der Waals surface area contributed by atoms with Crippen molar-refractivity contribution in [3.05, 3.63) is 0 Å². The summed E-state index contributed by atoms with van der Waals surface area (Å²) in [6.07, 6.45) is 2.13. The van der Waals surface area contributed by atoms with Crippen molar-refractivity contribution in [2.24, 2.45) is 17.6 Å². The average molecular weight is 214 g/mol. The van der Waals surface area contributed by atoms with E-state index in [0.29, 0.717) is 25.0 Å². The largest absolute Gasteiger partial charge is 0.379 e. The quantitative estimate of drug-likeness (QED) is 0.649. The molecule has 0 bridgehead atoms. The van der Waals surface area contributed by atoms with E-state index in [-0.39, 0.29) is 5.91 Å². The molecule has 1 rings (SSSR count). The van der Waals surface area contributed by atoms with Crippen molar-refractivity contribution in [1.82, 2.24) is 5.32 Å². The minimum Gasteiger partial charge on any atom is -0.379 e. The van der Waals surface area contributed by atoms with Gasteiger partial charge in [0.2, 0.25) is 5.91 Å². The van der Waals surface area contributed by atoms with Crippen molar-refractivity contribution in [3.63, 3.8) is 0 Å². The first-order chi connectivity index (χ1) is 7.03. The van der Waals surface area contributed by atoms with Gasteiger partial charge in [0.25, 0.3) is 0 Å². The molecule has 1 saturated carbocycles. The number of likely N-dealkylation sites (N-methyl/N-ethyl adjacent to an activating group) is 1. The fourth-order valence-corrected chi connectivity index (χ4v) is 1.82. The molecule has 0 aromatic carbocycles. The molecule has 0 spiro atoms. The van der Waals surface area contributed by atoms with Gasteiger partial charge in [-0.3, -0.25) is 4.79 Å². The molecule has 88 valence electrons. The molecule has 0 aromatic heterocycles. The molecular formula is C11H22N2O2. The highest BCUT2D eigenvalue weighted by Crippen LogP contribution is 2.39. The first-order valence-corrected chi connectivity index (χ1v) is 5.59. The van der Waals surface area contributed by atoms with Crippen molar-refractivity contribution < 1.29 is 9.53 Å². The summed E-state index contributed by atoms with van der Waals surface area (Å²) in [5.74, 6) is 0.537. The van der Waals surface area contributed by atoms with Gasteiger partial charge in [-0.15, -0.1) is 0 Å². The van der Waals surface area contributed by atoms with Crippen molar-refractivity contribution in [2.45, 2.75) is 32.2 Å². The third-order valence-corrected chi connectivity index (χ3v) is 2.94. The number of amides is 1. The van der Waals surface area contributed by atoms with E-state index >= 15 is 0 Å². The molecule has 3 N–H and O–H groups in total. The number of nitrogens with two attached hydrogens (primary N) is 1. The molecule has 0 heterocycles. The van der Waals surface area contributed by atoms with Gasteiger partial charge in [-0.25, -0.2) is 0 Å². The second-order valence-corrected chi connectivity index (χ2v) is 4.77. The monoisotopic (exact) mass is 214 g/mol. The fourth-order valence-electron chi connectivity index (χ4n) is 1.82. The van der Waals surface area contributed by atoms with Crippen LogP contribution >= 0.6 is 0 Å². The van der Waals surface area contributed by atoms with Crippen LogP contribution in [-0.2, 0) is 9.53 Å². The summed E-state index contributed by atoms with van der Waals surface area (Å²) < 4.78 is 5.55. The summed E-state index contributed by atoms with van der Waals surface area (Å²) in [6.45, 7) is 5.23. The topological polar surface area (TPSA) is 64.3 Å². The molecule has 1 fully saturated rings. The first-order valence-electron chi connectivity index (χ1n) is 5.59. The standard InChI is InChI=1S/C11H22N2O2/c1-8(2)6-15-7-11(13-3,10(12)14)9-4-5-9/h8-9,13H,4-7H2,1-3H3,(H2,12,14).